The number of methoxy groups -OCH3 is 1. The van der Waals surface area contributed by atoms with Crippen molar-refractivity contribution in [3.8, 4) is 34.3 Å². The van der Waals surface area contributed by atoms with Crippen LogP contribution in [0.1, 0.15) is 36.8 Å². The molecule has 0 saturated heterocycles. The highest BCUT2D eigenvalue weighted by Gasteiger charge is 2.20. The number of aromatic nitrogens is 1. The summed E-state index contributed by atoms with van der Waals surface area (Å²) in [7, 11) is 1.60. The first-order chi connectivity index (χ1) is 15.6. The highest BCUT2D eigenvalue weighted by atomic mass is 16.5. The molecule has 0 aliphatic carbocycles. The summed E-state index contributed by atoms with van der Waals surface area (Å²) < 4.78 is 33.0. The molecule has 1 heterocycles. The van der Waals surface area contributed by atoms with Gasteiger partial charge in [-0.25, -0.2) is 4.79 Å². The van der Waals surface area contributed by atoms with Crippen LogP contribution in [0.15, 0.2) is 47.0 Å². The zero-order chi connectivity index (χ0) is 22.9. The largest absolute Gasteiger partial charge is 0.497 e. The van der Waals surface area contributed by atoms with Gasteiger partial charge in [-0.15, -0.1) is 0 Å². The van der Waals surface area contributed by atoms with E-state index in [0.717, 1.165) is 5.56 Å². The van der Waals surface area contributed by atoms with Crippen LogP contribution in [0.2, 0.25) is 0 Å². The van der Waals surface area contributed by atoms with Crippen LogP contribution in [0.25, 0.3) is 11.3 Å². The molecule has 2 aromatic carbocycles. The van der Waals surface area contributed by atoms with Crippen LogP contribution < -0.4 is 18.9 Å². The Morgan fingerprint density at radius 2 is 1.62 bits per heavy atom. The average molecular weight is 441 g/mol. The molecule has 0 fully saturated rings. The van der Waals surface area contributed by atoms with Crippen molar-refractivity contribution in [2.24, 2.45) is 0 Å². The Labute approximate surface area is 187 Å². The van der Waals surface area contributed by atoms with E-state index in [4.69, 9.17) is 28.2 Å². The molecular formula is C24H27NO7. The molecule has 0 N–H and O–H groups in total. The van der Waals surface area contributed by atoms with Gasteiger partial charge in [0.1, 0.15) is 18.1 Å². The maximum Gasteiger partial charge on any atom is 0.338 e. The number of ether oxygens (including phenoxy) is 5. The van der Waals surface area contributed by atoms with Crippen LogP contribution >= 0.6 is 0 Å². The van der Waals surface area contributed by atoms with Gasteiger partial charge in [0.2, 0.25) is 5.75 Å². The molecular weight excluding hydrogens is 414 g/mol. The number of rotatable bonds is 11. The maximum absolute atomic E-state index is 12.7. The fraction of sp³-hybridized carbons (Fsp3) is 0.333. The Morgan fingerprint density at radius 1 is 0.938 bits per heavy atom. The van der Waals surface area contributed by atoms with Crippen molar-refractivity contribution in [3.05, 3.63) is 53.7 Å². The van der Waals surface area contributed by atoms with E-state index in [1.807, 2.05) is 45.0 Å². The van der Waals surface area contributed by atoms with E-state index in [2.05, 4.69) is 5.16 Å². The second-order valence-corrected chi connectivity index (χ2v) is 6.59. The Kier molecular flexibility index (Phi) is 7.96. The Morgan fingerprint density at radius 3 is 2.25 bits per heavy atom. The summed E-state index contributed by atoms with van der Waals surface area (Å²) >= 11 is 0. The lowest BCUT2D eigenvalue weighted by molar-refractivity contribution is 0.0463. The number of benzene rings is 2. The Bertz CT molecular complexity index is 1020. The van der Waals surface area contributed by atoms with Gasteiger partial charge >= 0.3 is 5.97 Å². The van der Waals surface area contributed by atoms with E-state index in [1.165, 1.54) is 0 Å². The van der Waals surface area contributed by atoms with Crippen LogP contribution in [-0.4, -0.2) is 38.1 Å². The molecule has 0 amide bonds. The molecule has 0 atom stereocenters. The molecule has 8 heteroatoms. The summed E-state index contributed by atoms with van der Waals surface area (Å²) in [5.74, 6) is 2.03. The summed E-state index contributed by atoms with van der Waals surface area (Å²) in [4.78, 5) is 12.7. The van der Waals surface area contributed by atoms with Crippen molar-refractivity contribution in [2.75, 3.05) is 26.9 Å². The number of nitrogens with zero attached hydrogens (tertiary/aromatic N) is 1. The number of carbonyl (C=O) groups excluding carboxylic acids is 1. The van der Waals surface area contributed by atoms with Crippen molar-refractivity contribution >= 4 is 5.97 Å². The Balaban J connectivity index is 1.75. The molecule has 0 bridgehead atoms. The fourth-order valence-electron chi connectivity index (χ4n) is 3.02. The van der Waals surface area contributed by atoms with Crippen LogP contribution in [-0.2, 0) is 11.3 Å². The van der Waals surface area contributed by atoms with E-state index >= 15 is 0 Å². The lowest BCUT2D eigenvalue weighted by Gasteiger charge is -2.16. The number of esters is 1. The molecule has 0 spiro atoms. The van der Waals surface area contributed by atoms with Gasteiger partial charge in [0.05, 0.1) is 32.5 Å². The van der Waals surface area contributed by atoms with Crippen molar-refractivity contribution in [1.29, 1.82) is 0 Å². The second-order valence-electron chi connectivity index (χ2n) is 6.59. The summed E-state index contributed by atoms with van der Waals surface area (Å²) in [6.07, 6.45) is 0. The van der Waals surface area contributed by atoms with Crippen LogP contribution in [0.5, 0.6) is 23.0 Å². The van der Waals surface area contributed by atoms with Gasteiger partial charge in [-0.3, -0.25) is 0 Å². The molecule has 8 nitrogen and oxygen atoms in total. The lowest BCUT2D eigenvalue weighted by Crippen LogP contribution is -2.09. The molecule has 3 rings (SSSR count). The van der Waals surface area contributed by atoms with E-state index in [9.17, 15) is 4.79 Å². The monoisotopic (exact) mass is 441 g/mol. The number of hydrogen-bond acceptors (Lipinski definition) is 8. The summed E-state index contributed by atoms with van der Waals surface area (Å²) in [6.45, 7) is 6.79. The van der Waals surface area contributed by atoms with E-state index in [-0.39, 0.29) is 12.2 Å². The smallest absolute Gasteiger partial charge is 0.338 e. The predicted molar refractivity (Wildman–Crippen MR) is 118 cm³/mol. The quantitative estimate of drug-likeness (QED) is 0.388. The van der Waals surface area contributed by atoms with Gasteiger partial charge in [0, 0.05) is 11.6 Å². The van der Waals surface area contributed by atoms with Crippen LogP contribution in [0.4, 0.5) is 0 Å². The molecule has 0 aliphatic rings. The first-order valence-corrected chi connectivity index (χ1v) is 10.4. The van der Waals surface area contributed by atoms with Crippen LogP contribution in [0, 0.1) is 0 Å². The fourth-order valence-corrected chi connectivity index (χ4v) is 3.02. The van der Waals surface area contributed by atoms with Crippen molar-refractivity contribution < 1.29 is 33.0 Å². The molecule has 32 heavy (non-hydrogen) atoms. The molecule has 0 aliphatic heterocycles. The minimum atomic E-state index is -0.541. The van der Waals surface area contributed by atoms with Gasteiger partial charge < -0.3 is 28.2 Å². The topological polar surface area (TPSA) is 89.3 Å². The zero-order valence-electron chi connectivity index (χ0n) is 18.7. The van der Waals surface area contributed by atoms with Crippen molar-refractivity contribution in [3.63, 3.8) is 0 Å². The molecule has 0 unspecified atom stereocenters. The number of carbonyl (C=O) groups is 1. The molecule has 3 aromatic rings. The summed E-state index contributed by atoms with van der Waals surface area (Å²) in [5, 5.41) is 3.98. The van der Waals surface area contributed by atoms with Gasteiger partial charge in [-0.2, -0.15) is 0 Å². The summed E-state index contributed by atoms with van der Waals surface area (Å²) in [6, 6.07) is 12.3. The van der Waals surface area contributed by atoms with Crippen molar-refractivity contribution in [2.45, 2.75) is 27.4 Å². The molecule has 0 saturated carbocycles. The highest BCUT2D eigenvalue weighted by molar-refractivity contribution is 5.91. The minimum absolute atomic E-state index is 0.0482. The lowest BCUT2D eigenvalue weighted by atomic mass is 10.1. The van der Waals surface area contributed by atoms with Gasteiger partial charge in [0.15, 0.2) is 17.3 Å². The van der Waals surface area contributed by atoms with Gasteiger partial charge in [-0.1, -0.05) is 17.3 Å². The first kappa shape index (κ1) is 23.0. The average Bonchev–Trinajstić information content (AvgIpc) is 3.29. The van der Waals surface area contributed by atoms with E-state index in [0.29, 0.717) is 54.3 Å². The second kappa shape index (κ2) is 11.1. The standard InChI is InChI=1S/C24H27NO7/c1-5-28-21-12-17(13-22(29-6-2)23(21)30-7-3)24(26)31-15-18-14-20(32-25-18)16-9-8-10-19(11-16)27-4/h8-14H,5-7,15H2,1-4H3. The molecule has 0 radical (unpaired) electrons. The summed E-state index contributed by atoms with van der Waals surface area (Å²) in [5.41, 5.74) is 1.58. The number of hydrogen-bond donors (Lipinski definition) is 0. The SMILES string of the molecule is CCOc1cc(C(=O)OCc2cc(-c3cccc(OC)c3)on2)cc(OCC)c1OCC. The van der Waals surface area contributed by atoms with Crippen molar-refractivity contribution in [1.82, 2.24) is 5.16 Å². The maximum atomic E-state index is 12.7. The van der Waals surface area contributed by atoms with Gasteiger partial charge in [0.25, 0.3) is 0 Å². The third kappa shape index (κ3) is 5.51. The molecule has 1 aromatic heterocycles. The predicted octanol–water partition coefficient (Wildman–Crippen LogP) is 4.90. The normalized spacial score (nSPS) is 10.5. The Hall–Kier alpha value is -3.68. The third-order valence-corrected chi connectivity index (χ3v) is 4.41. The minimum Gasteiger partial charge on any atom is -0.497 e. The zero-order valence-corrected chi connectivity index (χ0v) is 18.7. The van der Waals surface area contributed by atoms with E-state index < -0.39 is 5.97 Å². The first-order valence-electron chi connectivity index (χ1n) is 10.4. The third-order valence-electron chi connectivity index (χ3n) is 4.41. The van der Waals surface area contributed by atoms with E-state index in [1.54, 1.807) is 25.3 Å². The molecule has 170 valence electrons. The van der Waals surface area contributed by atoms with Gasteiger partial charge in [-0.05, 0) is 45.0 Å². The highest BCUT2D eigenvalue weighted by Crippen LogP contribution is 2.39. The van der Waals surface area contributed by atoms with Crippen LogP contribution in [0.3, 0.4) is 0 Å².